The normalized spacial score (nSPS) is 23.7. The first-order chi connectivity index (χ1) is 9.24. The summed E-state index contributed by atoms with van der Waals surface area (Å²) in [5, 5.41) is 0.612. The molecule has 1 aliphatic rings. The average Bonchev–Trinajstić information content (AvgIpc) is 2.36. The van der Waals surface area contributed by atoms with Gasteiger partial charge in [0.1, 0.15) is 0 Å². The highest BCUT2D eigenvalue weighted by Gasteiger charge is 2.39. The lowest BCUT2D eigenvalue weighted by Gasteiger charge is -2.41. The Kier molecular flexibility index (Phi) is 4.96. The van der Waals surface area contributed by atoms with E-state index < -0.39 is 15.6 Å². The third-order valence-electron chi connectivity index (χ3n) is 3.06. The lowest BCUT2D eigenvalue weighted by molar-refractivity contribution is -0.106. The molecule has 0 radical (unpaired) electrons. The van der Waals surface area contributed by atoms with Gasteiger partial charge in [-0.1, -0.05) is 37.9 Å². The molecule has 4 nitrogen and oxygen atoms in total. The van der Waals surface area contributed by atoms with Gasteiger partial charge in [0.25, 0.3) is 0 Å². The molecule has 1 atom stereocenters. The SMILES string of the molecule is CC1(C)CN(S(=O)(=O)c2cccc(Br)c2)CC(CBr)O1. The van der Waals surface area contributed by atoms with Gasteiger partial charge in [-0.05, 0) is 32.0 Å². The molecule has 1 unspecified atom stereocenters. The Labute approximate surface area is 136 Å². The number of ether oxygens (including phenoxy) is 1. The molecule has 1 aliphatic heterocycles. The topological polar surface area (TPSA) is 46.6 Å². The number of rotatable bonds is 3. The van der Waals surface area contributed by atoms with E-state index in [2.05, 4.69) is 31.9 Å². The van der Waals surface area contributed by atoms with Gasteiger partial charge in [-0.15, -0.1) is 0 Å². The summed E-state index contributed by atoms with van der Waals surface area (Å²) in [6.07, 6.45) is -0.138. The van der Waals surface area contributed by atoms with E-state index in [1.807, 2.05) is 19.9 Å². The minimum absolute atomic E-state index is 0.138. The number of benzene rings is 1. The molecule has 20 heavy (non-hydrogen) atoms. The standard InChI is InChI=1S/C13H17Br2NO3S/c1-13(2)9-16(8-11(7-14)19-13)20(17,18)12-5-3-4-10(15)6-12/h3-6,11H,7-9H2,1-2H3. The van der Waals surface area contributed by atoms with Crippen LogP contribution in [-0.4, -0.2) is 42.8 Å². The van der Waals surface area contributed by atoms with E-state index in [1.54, 1.807) is 18.2 Å². The van der Waals surface area contributed by atoms with E-state index in [0.717, 1.165) is 4.47 Å². The van der Waals surface area contributed by atoms with Crippen molar-refractivity contribution in [3.8, 4) is 0 Å². The van der Waals surface area contributed by atoms with Crippen LogP contribution in [0.1, 0.15) is 13.8 Å². The molecular weight excluding hydrogens is 410 g/mol. The van der Waals surface area contributed by atoms with Crippen LogP contribution < -0.4 is 0 Å². The maximum atomic E-state index is 12.7. The van der Waals surface area contributed by atoms with Crippen LogP contribution in [0.15, 0.2) is 33.6 Å². The molecule has 0 spiro atoms. The predicted molar refractivity (Wildman–Crippen MR) is 85.6 cm³/mol. The molecule has 1 fully saturated rings. The molecule has 1 aromatic rings. The molecule has 0 amide bonds. The fraction of sp³-hybridized carbons (Fsp3) is 0.538. The number of alkyl halides is 1. The van der Waals surface area contributed by atoms with E-state index >= 15 is 0 Å². The fourth-order valence-corrected chi connectivity index (χ4v) is 4.84. The summed E-state index contributed by atoms with van der Waals surface area (Å²) < 4.78 is 33.5. The van der Waals surface area contributed by atoms with Crippen molar-refractivity contribution < 1.29 is 13.2 Å². The highest BCUT2D eigenvalue weighted by atomic mass is 79.9. The minimum Gasteiger partial charge on any atom is -0.369 e. The summed E-state index contributed by atoms with van der Waals surface area (Å²) in [7, 11) is -3.50. The Balaban J connectivity index is 2.33. The van der Waals surface area contributed by atoms with Gasteiger partial charge >= 0.3 is 0 Å². The van der Waals surface area contributed by atoms with Crippen LogP contribution in [-0.2, 0) is 14.8 Å². The molecule has 0 N–H and O–H groups in total. The number of halogens is 2. The van der Waals surface area contributed by atoms with Crippen molar-refractivity contribution in [2.45, 2.75) is 30.4 Å². The second-order valence-corrected chi connectivity index (χ2v) is 8.91. The van der Waals surface area contributed by atoms with Gasteiger partial charge in [-0.25, -0.2) is 8.42 Å². The van der Waals surface area contributed by atoms with Gasteiger partial charge in [-0.3, -0.25) is 0 Å². The van der Waals surface area contributed by atoms with Crippen LogP contribution in [0.2, 0.25) is 0 Å². The second kappa shape index (κ2) is 6.04. The van der Waals surface area contributed by atoms with Gasteiger partial charge in [0.05, 0.1) is 16.6 Å². The summed E-state index contributed by atoms with van der Waals surface area (Å²) in [4.78, 5) is 0.304. The predicted octanol–water partition coefficient (Wildman–Crippen LogP) is 3.01. The third kappa shape index (κ3) is 3.62. The van der Waals surface area contributed by atoms with Crippen LogP contribution in [0.25, 0.3) is 0 Å². The fourth-order valence-electron chi connectivity index (χ4n) is 2.28. The van der Waals surface area contributed by atoms with Gasteiger partial charge < -0.3 is 4.74 Å². The Bertz CT molecular complexity index is 589. The van der Waals surface area contributed by atoms with E-state index in [4.69, 9.17) is 4.74 Å². The van der Waals surface area contributed by atoms with E-state index in [1.165, 1.54) is 4.31 Å². The molecule has 1 aromatic carbocycles. The van der Waals surface area contributed by atoms with Crippen molar-refractivity contribution in [1.29, 1.82) is 0 Å². The van der Waals surface area contributed by atoms with Crippen molar-refractivity contribution in [2.24, 2.45) is 0 Å². The molecule has 0 bridgehead atoms. The van der Waals surface area contributed by atoms with E-state index in [-0.39, 0.29) is 6.10 Å². The Morgan fingerprint density at radius 2 is 2.15 bits per heavy atom. The van der Waals surface area contributed by atoms with E-state index in [0.29, 0.717) is 23.3 Å². The highest BCUT2D eigenvalue weighted by molar-refractivity contribution is 9.10. The molecule has 1 heterocycles. The Morgan fingerprint density at radius 1 is 1.45 bits per heavy atom. The maximum absolute atomic E-state index is 12.7. The first-order valence-electron chi connectivity index (χ1n) is 6.24. The van der Waals surface area contributed by atoms with Crippen molar-refractivity contribution in [2.75, 3.05) is 18.4 Å². The van der Waals surface area contributed by atoms with Crippen molar-refractivity contribution in [3.05, 3.63) is 28.7 Å². The lowest BCUT2D eigenvalue weighted by Crippen LogP contribution is -2.54. The number of nitrogens with zero attached hydrogens (tertiary/aromatic N) is 1. The first kappa shape index (κ1) is 16.4. The van der Waals surface area contributed by atoms with Crippen molar-refractivity contribution in [3.63, 3.8) is 0 Å². The molecule has 0 aliphatic carbocycles. The molecule has 1 saturated heterocycles. The van der Waals surface area contributed by atoms with Gasteiger partial charge in [0.15, 0.2) is 0 Å². The quantitative estimate of drug-likeness (QED) is 0.698. The van der Waals surface area contributed by atoms with Crippen molar-refractivity contribution in [1.82, 2.24) is 4.31 Å². The smallest absolute Gasteiger partial charge is 0.243 e. The number of hydrogen-bond donors (Lipinski definition) is 0. The Hall–Kier alpha value is 0.0500. The summed E-state index contributed by atoms with van der Waals surface area (Å²) in [6.45, 7) is 4.53. The zero-order valence-corrected chi connectivity index (χ0v) is 15.3. The van der Waals surface area contributed by atoms with Crippen LogP contribution in [0.5, 0.6) is 0 Å². The van der Waals surface area contributed by atoms with Crippen LogP contribution in [0.3, 0.4) is 0 Å². The zero-order chi connectivity index (χ0) is 15.0. The molecule has 0 aromatic heterocycles. The molecular formula is C13H17Br2NO3S. The van der Waals surface area contributed by atoms with Gasteiger partial charge in [0.2, 0.25) is 10.0 Å². The number of morpholine rings is 1. The zero-order valence-electron chi connectivity index (χ0n) is 11.3. The monoisotopic (exact) mass is 425 g/mol. The highest BCUT2D eigenvalue weighted by Crippen LogP contribution is 2.28. The van der Waals surface area contributed by atoms with Crippen LogP contribution >= 0.6 is 31.9 Å². The lowest BCUT2D eigenvalue weighted by atomic mass is 10.1. The average molecular weight is 427 g/mol. The largest absolute Gasteiger partial charge is 0.369 e. The number of hydrogen-bond acceptors (Lipinski definition) is 3. The van der Waals surface area contributed by atoms with Crippen LogP contribution in [0, 0.1) is 0 Å². The summed E-state index contributed by atoms with van der Waals surface area (Å²) in [6, 6.07) is 6.78. The molecule has 112 valence electrons. The summed E-state index contributed by atoms with van der Waals surface area (Å²) in [5.74, 6) is 0. The first-order valence-corrected chi connectivity index (χ1v) is 9.59. The van der Waals surface area contributed by atoms with Crippen molar-refractivity contribution >= 4 is 41.9 Å². The molecule has 2 rings (SSSR count). The molecule has 0 saturated carbocycles. The minimum atomic E-state index is -3.50. The van der Waals surface area contributed by atoms with Gasteiger partial charge in [-0.2, -0.15) is 4.31 Å². The number of sulfonamides is 1. The Morgan fingerprint density at radius 3 is 2.75 bits per heavy atom. The summed E-state index contributed by atoms with van der Waals surface area (Å²) >= 11 is 6.68. The summed E-state index contributed by atoms with van der Waals surface area (Å²) in [5.41, 5.74) is -0.490. The second-order valence-electron chi connectivity index (χ2n) is 5.41. The maximum Gasteiger partial charge on any atom is 0.243 e. The van der Waals surface area contributed by atoms with Gasteiger partial charge in [0, 0.05) is 22.9 Å². The van der Waals surface area contributed by atoms with Crippen LogP contribution in [0.4, 0.5) is 0 Å². The molecule has 7 heteroatoms. The van der Waals surface area contributed by atoms with E-state index in [9.17, 15) is 8.42 Å². The third-order valence-corrected chi connectivity index (χ3v) is 6.08.